The molecule has 0 radical (unpaired) electrons. The van der Waals surface area contributed by atoms with Gasteiger partial charge in [0.15, 0.2) is 0 Å². The fourth-order valence-electron chi connectivity index (χ4n) is 5.41. The van der Waals surface area contributed by atoms with Gasteiger partial charge in [-0.2, -0.15) is 0 Å². The number of benzene rings is 1. The van der Waals surface area contributed by atoms with E-state index in [-0.39, 0.29) is 54.6 Å². The average molecular weight is 647 g/mol. The Hall–Kier alpha value is -3.19. The summed E-state index contributed by atoms with van der Waals surface area (Å²) in [5, 5.41) is 27.6. The second kappa shape index (κ2) is 18.7. The Balaban J connectivity index is 2.23. The van der Waals surface area contributed by atoms with Crippen molar-refractivity contribution in [1.82, 2.24) is 20.5 Å². The molecular weight excluding hydrogens is 596 g/mol. The van der Waals surface area contributed by atoms with Crippen molar-refractivity contribution < 1.29 is 34.1 Å². The number of rotatable bonds is 20. The molecule has 1 aromatic heterocycles. The molecule has 4 N–H and O–H groups in total. The Morgan fingerprint density at radius 2 is 1.76 bits per heavy atom. The summed E-state index contributed by atoms with van der Waals surface area (Å²) in [6.07, 6.45) is -0.711. The summed E-state index contributed by atoms with van der Waals surface area (Å²) in [6.45, 7) is 8.29. The number of hydrogen-bond acceptors (Lipinski definition) is 9. The summed E-state index contributed by atoms with van der Waals surface area (Å²) in [4.78, 5) is 57.1. The van der Waals surface area contributed by atoms with Crippen molar-refractivity contribution in [3.05, 3.63) is 52.0 Å². The van der Waals surface area contributed by atoms with E-state index >= 15 is 0 Å². The number of aliphatic carboxylic acids is 1. The lowest BCUT2D eigenvalue weighted by atomic mass is 9.85. The highest BCUT2D eigenvalue weighted by atomic mass is 32.1. The number of nitrogens with one attached hydrogen (secondary N) is 2. The largest absolute Gasteiger partial charge is 0.481 e. The van der Waals surface area contributed by atoms with Crippen LogP contribution in [0.3, 0.4) is 0 Å². The molecule has 11 nitrogen and oxygen atoms in total. The molecule has 0 saturated carbocycles. The molecule has 2 amide bonds. The third-order valence-corrected chi connectivity index (χ3v) is 9.25. The first-order valence-electron chi connectivity index (χ1n) is 15.5. The number of carboxylic acids is 1. The van der Waals surface area contributed by atoms with Gasteiger partial charge >= 0.3 is 5.97 Å². The first kappa shape index (κ1) is 38.0. The highest BCUT2D eigenvalue weighted by Gasteiger charge is 2.35. The molecule has 0 aliphatic heterocycles. The van der Waals surface area contributed by atoms with Crippen LogP contribution in [0.15, 0.2) is 35.7 Å². The number of nitrogens with zero attached hydrogens (tertiary/aromatic N) is 2. The zero-order valence-electron chi connectivity index (χ0n) is 27.5. The van der Waals surface area contributed by atoms with Crippen LogP contribution in [0.5, 0.6) is 0 Å². The molecule has 250 valence electrons. The molecule has 2 rings (SSSR count). The molecule has 0 aliphatic carbocycles. The number of aliphatic hydroxyl groups excluding tert-OH is 1. The molecule has 6 atom stereocenters. The van der Waals surface area contributed by atoms with Gasteiger partial charge in [-0.25, -0.2) is 4.98 Å². The van der Waals surface area contributed by atoms with Crippen LogP contribution in [-0.4, -0.2) is 89.6 Å². The van der Waals surface area contributed by atoms with Gasteiger partial charge in [0, 0.05) is 44.3 Å². The van der Waals surface area contributed by atoms with Crippen molar-refractivity contribution in [1.29, 1.82) is 0 Å². The predicted molar refractivity (Wildman–Crippen MR) is 174 cm³/mol. The topological polar surface area (TPSA) is 158 Å². The number of Topliss-reactive ketones (excluding diaryl/α,β-unsaturated/α-hetero) is 1. The highest BCUT2D eigenvalue weighted by Crippen LogP contribution is 2.31. The third-order valence-electron chi connectivity index (χ3n) is 8.32. The smallest absolute Gasteiger partial charge is 0.306 e. The van der Waals surface area contributed by atoms with Gasteiger partial charge in [0.2, 0.25) is 5.91 Å². The maximum atomic E-state index is 13.8. The monoisotopic (exact) mass is 646 g/mol. The Kier molecular flexibility index (Phi) is 15.8. The van der Waals surface area contributed by atoms with Crippen LogP contribution < -0.4 is 10.6 Å². The van der Waals surface area contributed by atoms with Crippen LogP contribution in [0.2, 0.25) is 0 Å². The number of ether oxygens (including phenoxy) is 1. The Morgan fingerprint density at radius 1 is 1.09 bits per heavy atom. The maximum Gasteiger partial charge on any atom is 0.306 e. The number of aromatic nitrogens is 1. The fourth-order valence-corrected chi connectivity index (χ4v) is 6.29. The maximum absolute atomic E-state index is 13.8. The molecule has 0 saturated heterocycles. The lowest BCUT2D eigenvalue weighted by Crippen LogP contribution is -2.46. The van der Waals surface area contributed by atoms with Crippen LogP contribution in [0, 0.1) is 17.8 Å². The van der Waals surface area contributed by atoms with E-state index in [1.165, 1.54) is 11.3 Å². The van der Waals surface area contributed by atoms with Crippen LogP contribution in [0.4, 0.5) is 0 Å². The number of amides is 2. The summed E-state index contributed by atoms with van der Waals surface area (Å²) in [5.41, 5.74) is 0.967. The summed E-state index contributed by atoms with van der Waals surface area (Å²) < 4.78 is 5.82. The van der Waals surface area contributed by atoms with Gasteiger partial charge in [-0.15, -0.1) is 11.3 Å². The van der Waals surface area contributed by atoms with Crippen molar-refractivity contribution in [2.45, 2.75) is 84.1 Å². The fraction of sp³-hybridized carbons (Fsp3) is 0.606. The quantitative estimate of drug-likeness (QED) is 0.168. The summed E-state index contributed by atoms with van der Waals surface area (Å²) >= 11 is 1.25. The number of carbonyl (C=O) groups excluding carboxylic acids is 3. The first-order valence-corrected chi connectivity index (χ1v) is 16.4. The van der Waals surface area contributed by atoms with Crippen molar-refractivity contribution in [3.63, 3.8) is 0 Å². The number of methoxy groups -OCH3 is 1. The van der Waals surface area contributed by atoms with Gasteiger partial charge in [-0.05, 0) is 30.9 Å². The van der Waals surface area contributed by atoms with E-state index < -0.39 is 42.5 Å². The lowest BCUT2D eigenvalue weighted by Gasteiger charge is -2.36. The number of likely N-dealkylation sites (N-methyl/N-ethyl adjacent to an activating group) is 1. The van der Waals surface area contributed by atoms with Crippen molar-refractivity contribution in [2.24, 2.45) is 17.8 Å². The molecular formula is C33H50N4O7S. The molecule has 2 aromatic rings. The SMILES string of the molecule is CCC(C)[C@H](CC(=O)CNC)C(=O)N(C)[C@H](CC(OC)c1nc(C(=O)N[C@@H](Cc2ccccc2)C(O)CC(=O)O)cs1)C(C)C. The van der Waals surface area contributed by atoms with E-state index in [0.717, 1.165) is 12.0 Å². The third kappa shape index (κ3) is 11.6. The van der Waals surface area contributed by atoms with E-state index in [0.29, 0.717) is 11.4 Å². The summed E-state index contributed by atoms with van der Waals surface area (Å²) in [6, 6.07) is 8.13. The molecule has 0 bridgehead atoms. The van der Waals surface area contributed by atoms with E-state index in [1.807, 2.05) is 58.0 Å². The molecule has 1 heterocycles. The van der Waals surface area contributed by atoms with Crippen LogP contribution in [0.25, 0.3) is 0 Å². The number of hydrogen-bond donors (Lipinski definition) is 4. The van der Waals surface area contributed by atoms with Gasteiger partial charge in [0.1, 0.15) is 22.6 Å². The highest BCUT2D eigenvalue weighted by molar-refractivity contribution is 7.09. The van der Waals surface area contributed by atoms with E-state index in [9.17, 15) is 29.4 Å². The second-order valence-corrected chi connectivity index (χ2v) is 12.9. The van der Waals surface area contributed by atoms with Crippen LogP contribution in [0.1, 0.15) is 80.5 Å². The van der Waals surface area contributed by atoms with Crippen LogP contribution >= 0.6 is 11.3 Å². The molecule has 1 aromatic carbocycles. The van der Waals surface area contributed by atoms with Crippen molar-refractivity contribution >= 4 is 34.9 Å². The number of aliphatic hydroxyl groups is 1. The Bertz CT molecular complexity index is 1240. The van der Waals surface area contributed by atoms with Gasteiger partial charge in [0.05, 0.1) is 25.1 Å². The van der Waals surface area contributed by atoms with Crippen molar-refractivity contribution in [3.8, 4) is 0 Å². The Labute approximate surface area is 270 Å². The zero-order chi connectivity index (χ0) is 33.7. The van der Waals surface area contributed by atoms with E-state index in [2.05, 4.69) is 15.6 Å². The number of thiazole rings is 1. The zero-order valence-corrected chi connectivity index (χ0v) is 28.3. The minimum absolute atomic E-state index is 0.00417. The molecule has 12 heteroatoms. The number of carboxylic acid groups (broad SMARTS) is 1. The van der Waals surface area contributed by atoms with Gasteiger partial charge in [0.25, 0.3) is 5.91 Å². The number of carbonyl (C=O) groups is 4. The predicted octanol–water partition coefficient (Wildman–Crippen LogP) is 3.72. The second-order valence-electron chi connectivity index (χ2n) is 12.0. The van der Waals surface area contributed by atoms with Crippen molar-refractivity contribution in [2.75, 3.05) is 27.7 Å². The van der Waals surface area contributed by atoms with Gasteiger partial charge in [-0.3, -0.25) is 19.2 Å². The molecule has 3 unspecified atom stereocenters. The molecule has 0 fully saturated rings. The minimum atomic E-state index is -1.30. The standard InChI is InChI=1S/C33H50N4O7S/c1-8-21(4)24(15-23(38)18-34-5)33(43)37(6)27(20(2)3)16-29(44-7)32-36-26(19-45-32)31(42)35-25(28(39)17-30(40)41)14-22-12-10-9-11-13-22/h9-13,19-21,24-25,27-29,34,39H,8,14-18H2,1-7H3,(H,35,42)(H,40,41)/t21?,24-,25-,27+,28?,29?/m0/s1. The average Bonchev–Trinajstić information content (AvgIpc) is 3.49. The van der Waals surface area contributed by atoms with Gasteiger partial charge in [-0.1, -0.05) is 64.4 Å². The summed E-state index contributed by atoms with van der Waals surface area (Å²) in [5.74, 6) is -2.11. The Morgan fingerprint density at radius 3 is 2.31 bits per heavy atom. The van der Waals surface area contributed by atoms with Gasteiger partial charge < -0.3 is 30.5 Å². The number of ketones is 1. The normalized spacial score (nSPS) is 15.5. The molecule has 45 heavy (non-hydrogen) atoms. The van der Waals surface area contributed by atoms with E-state index in [1.54, 1.807) is 31.5 Å². The minimum Gasteiger partial charge on any atom is -0.481 e. The van der Waals surface area contributed by atoms with Crippen LogP contribution in [-0.2, 0) is 25.5 Å². The molecule has 0 aliphatic rings. The summed E-state index contributed by atoms with van der Waals surface area (Å²) in [7, 11) is 5.04. The lowest BCUT2D eigenvalue weighted by molar-refractivity contribution is -0.142. The molecule has 0 spiro atoms. The first-order chi connectivity index (χ1) is 21.3. The van der Waals surface area contributed by atoms with E-state index in [4.69, 9.17) is 4.74 Å².